The smallest absolute Gasteiger partial charge is 0.426 e. The lowest BCUT2D eigenvalue weighted by Gasteiger charge is -2.29. The van der Waals surface area contributed by atoms with Crippen LogP contribution in [0.1, 0.15) is 44.9 Å². The zero-order chi connectivity index (χ0) is 16.1. The first-order chi connectivity index (χ1) is 10.5. The van der Waals surface area contributed by atoms with Gasteiger partial charge in [-0.15, -0.1) is 0 Å². The maximum absolute atomic E-state index is 12.3. The Hall–Kier alpha value is -1.83. The van der Waals surface area contributed by atoms with E-state index in [2.05, 4.69) is 0 Å². The highest BCUT2D eigenvalue weighted by Gasteiger charge is 2.33. The molecule has 2 aliphatic rings. The summed E-state index contributed by atoms with van der Waals surface area (Å²) < 4.78 is 0. The molecule has 1 saturated carbocycles. The van der Waals surface area contributed by atoms with Crippen molar-refractivity contribution in [1.82, 2.24) is 15.1 Å². The number of nitrogens with zero attached hydrogens (tertiary/aromatic N) is 3. The highest BCUT2D eigenvalue weighted by Crippen LogP contribution is 2.30. The standard InChI is InChI=1S/C14H23N3O5/c18-10-17(22)12(8-11-4-1-2-5-11)9-13(19)15-6-3-7-16(15)14(20)21/h10-12,22H,1-9H2,(H,20,21). The van der Waals surface area contributed by atoms with Gasteiger partial charge in [0.2, 0.25) is 12.3 Å². The molecule has 1 aliphatic heterocycles. The summed E-state index contributed by atoms with van der Waals surface area (Å²) in [5.74, 6) is 0.0327. The van der Waals surface area contributed by atoms with Crippen molar-refractivity contribution in [2.24, 2.45) is 5.92 Å². The number of hydrogen-bond acceptors (Lipinski definition) is 4. The first kappa shape index (κ1) is 16.5. The molecule has 1 saturated heterocycles. The topological polar surface area (TPSA) is 101 Å². The van der Waals surface area contributed by atoms with Gasteiger partial charge in [-0.1, -0.05) is 25.7 Å². The van der Waals surface area contributed by atoms with E-state index in [9.17, 15) is 19.6 Å². The van der Waals surface area contributed by atoms with E-state index >= 15 is 0 Å². The molecule has 2 N–H and O–H groups in total. The zero-order valence-corrected chi connectivity index (χ0v) is 12.6. The fourth-order valence-electron chi connectivity index (χ4n) is 3.38. The van der Waals surface area contributed by atoms with Crippen LogP contribution in [-0.4, -0.2) is 62.9 Å². The van der Waals surface area contributed by atoms with Crippen LogP contribution in [0.15, 0.2) is 0 Å². The van der Waals surface area contributed by atoms with Gasteiger partial charge in [0.1, 0.15) is 0 Å². The van der Waals surface area contributed by atoms with E-state index in [0.717, 1.165) is 30.7 Å². The van der Waals surface area contributed by atoms with Gasteiger partial charge in [0, 0.05) is 13.1 Å². The third-order valence-electron chi connectivity index (χ3n) is 4.51. The number of hydroxylamine groups is 2. The summed E-state index contributed by atoms with van der Waals surface area (Å²) in [5.41, 5.74) is 0. The first-order valence-electron chi connectivity index (χ1n) is 7.76. The average Bonchev–Trinajstić information content (AvgIpc) is 3.16. The van der Waals surface area contributed by atoms with Crippen LogP contribution >= 0.6 is 0 Å². The molecule has 8 heteroatoms. The van der Waals surface area contributed by atoms with Gasteiger partial charge < -0.3 is 5.11 Å². The number of amides is 3. The second-order valence-electron chi connectivity index (χ2n) is 6.01. The molecule has 2 rings (SSSR count). The molecule has 1 heterocycles. The third kappa shape index (κ3) is 3.88. The van der Waals surface area contributed by atoms with E-state index in [-0.39, 0.29) is 12.3 Å². The number of rotatable bonds is 6. The molecule has 3 amide bonds. The number of carbonyl (C=O) groups is 3. The van der Waals surface area contributed by atoms with Crippen molar-refractivity contribution in [3.05, 3.63) is 0 Å². The third-order valence-corrected chi connectivity index (χ3v) is 4.51. The zero-order valence-electron chi connectivity index (χ0n) is 12.6. The molecular weight excluding hydrogens is 290 g/mol. The van der Waals surface area contributed by atoms with Crippen molar-refractivity contribution in [2.75, 3.05) is 13.1 Å². The van der Waals surface area contributed by atoms with Crippen LogP contribution in [0.25, 0.3) is 0 Å². The molecule has 0 aromatic carbocycles. The van der Waals surface area contributed by atoms with Crippen LogP contribution in [0.4, 0.5) is 4.79 Å². The quantitative estimate of drug-likeness (QED) is 0.437. The molecule has 1 atom stereocenters. The van der Waals surface area contributed by atoms with Crippen LogP contribution in [0.5, 0.6) is 0 Å². The Bertz CT molecular complexity index is 425. The molecule has 0 aromatic rings. The molecule has 0 spiro atoms. The highest BCUT2D eigenvalue weighted by molar-refractivity contribution is 5.80. The fourth-order valence-corrected chi connectivity index (χ4v) is 3.38. The number of hydrogen-bond donors (Lipinski definition) is 2. The normalized spacial score (nSPS) is 20.2. The van der Waals surface area contributed by atoms with Crippen LogP contribution in [-0.2, 0) is 9.59 Å². The van der Waals surface area contributed by atoms with Gasteiger partial charge in [0.25, 0.3) is 0 Å². The second kappa shape index (κ2) is 7.44. The maximum Gasteiger partial charge on any atom is 0.426 e. The Morgan fingerprint density at radius 3 is 2.41 bits per heavy atom. The van der Waals surface area contributed by atoms with E-state index in [1.807, 2.05) is 0 Å². The maximum atomic E-state index is 12.3. The summed E-state index contributed by atoms with van der Waals surface area (Å²) >= 11 is 0. The number of hydrazine groups is 1. The Morgan fingerprint density at radius 1 is 1.18 bits per heavy atom. The molecule has 0 aromatic heterocycles. The summed E-state index contributed by atoms with van der Waals surface area (Å²) in [6.45, 7) is 0.651. The molecule has 1 unspecified atom stereocenters. The van der Waals surface area contributed by atoms with Gasteiger partial charge in [-0.05, 0) is 18.8 Å². The lowest BCUT2D eigenvalue weighted by Crippen LogP contribution is -2.46. The largest absolute Gasteiger partial charge is 0.464 e. The Balaban J connectivity index is 1.97. The van der Waals surface area contributed by atoms with E-state index in [0.29, 0.717) is 43.3 Å². The summed E-state index contributed by atoms with van der Waals surface area (Å²) in [6.07, 6.45) is 4.62. The minimum atomic E-state index is -1.16. The SMILES string of the molecule is O=CN(O)C(CC(=O)N1CCCN1C(=O)O)CC1CCCC1. The average molecular weight is 313 g/mol. The van der Waals surface area contributed by atoms with Gasteiger partial charge in [-0.25, -0.2) is 19.9 Å². The summed E-state index contributed by atoms with van der Waals surface area (Å²) in [4.78, 5) is 34.3. The van der Waals surface area contributed by atoms with Crippen molar-refractivity contribution in [3.8, 4) is 0 Å². The monoisotopic (exact) mass is 313 g/mol. The van der Waals surface area contributed by atoms with E-state index in [4.69, 9.17) is 5.11 Å². The van der Waals surface area contributed by atoms with Gasteiger partial charge in [-0.3, -0.25) is 14.8 Å². The van der Waals surface area contributed by atoms with Crippen molar-refractivity contribution >= 4 is 18.4 Å². The van der Waals surface area contributed by atoms with Crippen LogP contribution in [0.2, 0.25) is 0 Å². The van der Waals surface area contributed by atoms with Gasteiger partial charge in [0.05, 0.1) is 12.5 Å². The first-order valence-corrected chi connectivity index (χ1v) is 7.76. The summed E-state index contributed by atoms with van der Waals surface area (Å²) in [6, 6.07) is -0.593. The minimum Gasteiger partial charge on any atom is -0.464 e. The lowest BCUT2D eigenvalue weighted by atomic mass is 9.96. The second-order valence-corrected chi connectivity index (χ2v) is 6.01. The van der Waals surface area contributed by atoms with Crippen molar-refractivity contribution in [2.45, 2.75) is 51.0 Å². The summed E-state index contributed by atoms with van der Waals surface area (Å²) in [7, 11) is 0. The van der Waals surface area contributed by atoms with E-state index < -0.39 is 12.1 Å². The molecule has 22 heavy (non-hydrogen) atoms. The predicted octanol–water partition coefficient (Wildman–Crippen LogP) is 1.30. The van der Waals surface area contributed by atoms with Crippen molar-refractivity contribution in [1.29, 1.82) is 0 Å². The fraction of sp³-hybridized carbons (Fsp3) is 0.786. The number of carboxylic acid groups (broad SMARTS) is 1. The Labute approximate surface area is 129 Å². The van der Waals surface area contributed by atoms with Gasteiger partial charge in [-0.2, -0.15) is 0 Å². The Morgan fingerprint density at radius 2 is 1.82 bits per heavy atom. The van der Waals surface area contributed by atoms with Crippen LogP contribution < -0.4 is 0 Å². The molecule has 1 aliphatic carbocycles. The predicted molar refractivity (Wildman–Crippen MR) is 75.7 cm³/mol. The molecule has 124 valence electrons. The molecule has 0 radical (unpaired) electrons. The van der Waals surface area contributed by atoms with Gasteiger partial charge in [0.15, 0.2) is 0 Å². The lowest BCUT2D eigenvalue weighted by molar-refractivity contribution is -0.167. The Kier molecular flexibility index (Phi) is 5.59. The number of carbonyl (C=O) groups excluding carboxylic acids is 2. The van der Waals surface area contributed by atoms with E-state index in [1.165, 1.54) is 5.01 Å². The molecule has 8 nitrogen and oxygen atoms in total. The van der Waals surface area contributed by atoms with Crippen molar-refractivity contribution in [3.63, 3.8) is 0 Å². The molecule has 0 bridgehead atoms. The van der Waals surface area contributed by atoms with Crippen molar-refractivity contribution < 1.29 is 24.7 Å². The van der Waals surface area contributed by atoms with Crippen LogP contribution in [0.3, 0.4) is 0 Å². The van der Waals surface area contributed by atoms with E-state index in [1.54, 1.807) is 0 Å². The minimum absolute atomic E-state index is 0.0600. The van der Waals surface area contributed by atoms with Gasteiger partial charge >= 0.3 is 6.09 Å². The molecule has 2 fully saturated rings. The molecular formula is C14H23N3O5. The highest BCUT2D eigenvalue weighted by atomic mass is 16.5. The summed E-state index contributed by atoms with van der Waals surface area (Å²) in [5, 5.41) is 21.5. The van der Waals surface area contributed by atoms with Crippen LogP contribution in [0, 0.1) is 5.92 Å².